The van der Waals surface area contributed by atoms with Gasteiger partial charge in [-0.25, -0.2) is 0 Å². The molecule has 0 aliphatic carbocycles. The fraction of sp³-hybridized carbons (Fsp3) is 0.273. The quantitative estimate of drug-likeness (QED) is 0.666. The minimum atomic E-state index is -1.02. The lowest BCUT2D eigenvalue weighted by Crippen LogP contribution is -2.27. The second-order valence-electron chi connectivity index (χ2n) is 4.23. The summed E-state index contributed by atoms with van der Waals surface area (Å²) < 4.78 is 2.75. The van der Waals surface area contributed by atoms with E-state index >= 15 is 0 Å². The average molecular weight is 278 g/mol. The number of hydrogen-bond acceptors (Lipinski definition) is 5. The summed E-state index contributed by atoms with van der Waals surface area (Å²) in [4.78, 5) is 22.4. The number of carbonyl (C=O) groups excluding carboxylic acids is 1. The summed E-state index contributed by atoms with van der Waals surface area (Å²) in [7, 11) is 1.73. The molecule has 2 aromatic heterocycles. The van der Waals surface area contributed by atoms with Gasteiger partial charge < -0.3 is 16.2 Å². The first-order valence-electron chi connectivity index (χ1n) is 5.75. The van der Waals surface area contributed by atoms with Crippen LogP contribution in [0.2, 0.25) is 0 Å². The molecule has 0 saturated carbocycles. The van der Waals surface area contributed by atoms with Gasteiger partial charge in [0.2, 0.25) is 5.91 Å². The predicted octanol–water partition coefficient (Wildman–Crippen LogP) is -0.660. The average Bonchev–Trinajstić information content (AvgIpc) is 2.97. The number of carbonyl (C=O) groups is 2. The number of rotatable bonds is 5. The van der Waals surface area contributed by atoms with E-state index in [0.717, 1.165) is 0 Å². The van der Waals surface area contributed by atoms with Gasteiger partial charge in [-0.05, 0) is 0 Å². The van der Waals surface area contributed by atoms with Crippen LogP contribution in [0.4, 0.5) is 5.69 Å². The number of anilines is 1. The fourth-order valence-electron chi connectivity index (χ4n) is 1.63. The van der Waals surface area contributed by atoms with Gasteiger partial charge in [0.15, 0.2) is 0 Å². The fourth-order valence-corrected chi connectivity index (χ4v) is 1.63. The van der Waals surface area contributed by atoms with Gasteiger partial charge in [-0.1, -0.05) is 0 Å². The zero-order chi connectivity index (χ0) is 14.7. The topological polar surface area (TPSA) is 128 Å². The Morgan fingerprint density at radius 2 is 2.15 bits per heavy atom. The number of aromatic nitrogens is 4. The molecule has 0 aliphatic heterocycles. The Balaban J connectivity index is 2.00. The maximum Gasteiger partial charge on any atom is 0.325 e. The second-order valence-corrected chi connectivity index (χ2v) is 4.23. The van der Waals surface area contributed by atoms with Crippen LogP contribution in [-0.4, -0.2) is 36.5 Å². The highest BCUT2D eigenvalue weighted by Crippen LogP contribution is 2.12. The van der Waals surface area contributed by atoms with Crippen molar-refractivity contribution in [3.8, 4) is 0 Å². The lowest BCUT2D eigenvalue weighted by atomic mass is 10.1. The number of carboxylic acid groups (broad SMARTS) is 1. The molecule has 106 valence electrons. The van der Waals surface area contributed by atoms with E-state index in [1.54, 1.807) is 17.9 Å². The van der Waals surface area contributed by atoms with Gasteiger partial charge in [-0.3, -0.25) is 19.0 Å². The van der Waals surface area contributed by atoms with Crippen molar-refractivity contribution in [2.24, 2.45) is 12.8 Å². The van der Waals surface area contributed by atoms with E-state index in [4.69, 9.17) is 10.8 Å². The van der Waals surface area contributed by atoms with Gasteiger partial charge in [-0.2, -0.15) is 10.2 Å². The summed E-state index contributed by atoms with van der Waals surface area (Å²) in [5.74, 6) is -1.44. The summed E-state index contributed by atoms with van der Waals surface area (Å²) >= 11 is 0. The molecule has 0 saturated heterocycles. The van der Waals surface area contributed by atoms with Crippen molar-refractivity contribution in [3.05, 3.63) is 30.4 Å². The molecule has 2 rings (SSSR count). The Labute approximate surface area is 114 Å². The van der Waals surface area contributed by atoms with Crippen LogP contribution < -0.4 is 11.1 Å². The standard InChI is InChI=1S/C11H14N6O3/c1-16-4-7(2-13-16)10(12)11(20)15-8-3-14-17(5-8)6-9(18)19/h2-5,10H,6,12H2,1H3,(H,15,20)(H,18,19). The molecule has 0 fully saturated rings. The summed E-state index contributed by atoms with van der Waals surface area (Å²) in [6.45, 7) is -0.273. The first kappa shape index (κ1) is 13.7. The third-order valence-electron chi connectivity index (χ3n) is 2.56. The van der Waals surface area contributed by atoms with E-state index in [9.17, 15) is 9.59 Å². The highest BCUT2D eigenvalue weighted by molar-refractivity contribution is 5.95. The molecule has 0 radical (unpaired) electrons. The molecule has 2 aromatic rings. The SMILES string of the molecule is Cn1cc(C(N)C(=O)Nc2cnn(CC(=O)O)c2)cn1. The van der Waals surface area contributed by atoms with Gasteiger partial charge in [0, 0.05) is 25.0 Å². The minimum absolute atomic E-state index is 0.273. The number of carboxylic acids is 1. The molecule has 2 heterocycles. The number of amides is 1. The zero-order valence-electron chi connectivity index (χ0n) is 10.7. The van der Waals surface area contributed by atoms with E-state index in [-0.39, 0.29) is 6.54 Å². The molecule has 1 unspecified atom stereocenters. The summed E-state index contributed by atoms with van der Waals surface area (Å²) in [6, 6.07) is -0.855. The number of hydrogen-bond donors (Lipinski definition) is 3. The normalized spacial score (nSPS) is 12.1. The number of aryl methyl sites for hydroxylation is 1. The van der Waals surface area contributed by atoms with Crippen molar-refractivity contribution < 1.29 is 14.7 Å². The first-order chi connectivity index (χ1) is 9.45. The van der Waals surface area contributed by atoms with Crippen molar-refractivity contribution in [3.63, 3.8) is 0 Å². The molecule has 9 heteroatoms. The number of nitrogens with two attached hydrogens (primary N) is 1. The number of nitrogens with zero attached hydrogens (tertiary/aromatic N) is 4. The molecule has 0 spiro atoms. The molecule has 1 amide bonds. The van der Waals surface area contributed by atoms with E-state index in [0.29, 0.717) is 11.3 Å². The van der Waals surface area contributed by atoms with Crippen molar-refractivity contribution in [2.45, 2.75) is 12.6 Å². The predicted molar refractivity (Wildman–Crippen MR) is 68.6 cm³/mol. The maximum absolute atomic E-state index is 11.9. The smallest absolute Gasteiger partial charge is 0.325 e. The third-order valence-corrected chi connectivity index (χ3v) is 2.56. The van der Waals surface area contributed by atoms with Gasteiger partial charge in [0.1, 0.15) is 12.6 Å². The third kappa shape index (κ3) is 3.20. The highest BCUT2D eigenvalue weighted by atomic mass is 16.4. The highest BCUT2D eigenvalue weighted by Gasteiger charge is 2.18. The lowest BCUT2D eigenvalue weighted by molar-refractivity contribution is -0.137. The monoisotopic (exact) mass is 278 g/mol. The van der Waals surface area contributed by atoms with Crippen LogP contribution in [0.1, 0.15) is 11.6 Å². The lowest BCUT2D eigenvalue weighted by Gasteiger charge is -2.08. The maximum atomic E-state index is 11.9. The Bertz CT molecular complexity index is 632. The molecule has 20 heavy (non-hydrogen) atoms. The van der Waals surface area contributed by atoms with Crippen LogP contribution in [0.3, 0.4) is 0 Å². The van der Waals surface area contributed by atoms with E-state index < -0.39 is 17.9 Å². The number of aliphatic carboxylic acids is 1. The number of nitrogens with one attached hydrogen (secondary N) is 1. The summed E-state index contributed by atoms with van der Waals surface area (Å²) in [5, 5.41) is 18.9. The van der Waals surface area contributed by atoms with Crippen LogP contribution in [0.25, 0.3) is 0 Å². The molecular weight excluding hydrogens is 264 g/mol. The van der Waals surface area contributed by atoms with Crippen molar-refractivity contribution >= 4 is 17.6 Å². The van der Waals surface area contributed by atoms with E-state index in [1.165, 1.54) is 23.3 Å². The molecule has 0 aliphatic rings. The minimum Gasteiger partial charge on any atom is -0.480 e. The first-order valence-corrected chi connectivity index (χ1v) is 5.75. The molecule has 0 bridgehead atoms. The van der Waals surface area contributed by atoms with Gasteiger partial charge in [-0.15, -0.1) is 0 Å². The van der Waals surface area contributed by atoms with Crippen LogP contribution in [-0.2, 0) is 23.2 Å². The Hall–Kier alpha value is -2.68. The van der Waals surface area contributed by atoms with Gasteiger partial charge in [0.05, 0.1) is 18.1 Å². The summed E-state index contributed by atoms with van der Waals surface area (Å²) in [6.07, 6.45) is 5.94. The molecular formula is C11H14N6O3. The van der Waals surface area contributed by atoms with Crippen LogP contribution in [0.15, 0.2) is 24.8 Å². The second kappa shape index (κ2) is 5.53. The Morgan fingerprint density at radius 1 is 1.40 bits per heavy atom. The Kier molecular flexibility index (Phi) is 3.80. The van der Waals surface area contributed by atoms with E-state index in [2.05, 4.69) is 15.5 Å². The molecule has 0 aromatic carbocycles. The molecule has 4 N–H and O–H groups in total. The van der Waals surface area contributed by atoms with Crippen molar-refractivity contribution in [1.29, 1.82) is 0 Å². The van der Waals surface area contributed by atoms with Crippen LogP contribution in [0, 0.1) is 0 Å². The molecule has 9 nitrogen and oxygen atoms in total. The van der Waals surface area contributed by atoms with Gasteiger partial charge >= 0.3 is 5.97 Å². The molecule has 1 atom stereocenters. The van der Waals surface area contributed by atoms with Crippen molar-refractivity contribution in [1.82, 2.24) is 19.6 Å². The summed E-state index contributed by atoms with van der Waals surface area (Å²) in [5.41, 5.74) is 6.77. The Morgan fingerprint density at radius 3 is 2.75 bits per heavy atom. The van der Waals surface area contributed by atoms with Crippen LogP contribution in [0.5, 0.6) is 0 Å². The van der Waals surface area contributed by atoms with Gasteiger partial charge in [0.25, 0.3) is 0 Å². The zero-order valence-corrected chi connectivity index (χ0v) is 10.7. The van der Waals surface area contributed by atoms with Crippen molar-refractivity contribution in [2.75, 3.05) is 5.32 Å². The van der Waals surface area contributed by atoms with Crippen LogP contribution >= 0.6 is 0 Å². The van der Waals surface area contributed by atoms with E-state index in [1.807, 2.05) is 0 Å². The largest absolute Gasteiger partial charge is 0.480 e.